The average molecular weight is 344 g/mol. The van der Waals surface area contributed by atoms with E-state index in [2.05, 4.69) is 5.32 Å². The molecule has 7 heteroatoms. The normalized spacial score (nSPS) is 11.6. The van der Waals surface area contributed by atoms with Gasteiger partial charge in [0.15, 0.2) is 6.54 Å². The fourth-order valence-electron chi connectivity index (χ4n) is 2.61. The van der Waals surface area contributed by atoms with Gasteiger partial charge < -0.3 is 15.0 Å². The summed E-state index contributed by atoms with van der Waals surface area (Å²) in [6.07, 6.45) is 0. The number of anilines is 1. The van der Waals surface area contributed by atoms with E-state index in [1.165, 1.54) is 12.1 Å². The van der Waals surface area contributed by atoms with E-state index in [4.69, 9.17) is 4.74 Å². The molecule has 2 aromatic carbocycles. The van der Waals surface area contributed by atoms with Gasteiger partial charge in [-0.15, -0.1) is 0 Å². The van der Waals surface area contributed by atoms with E-state index >= 15 is 0 Å². The number of carbonyl (C=O) groups excluding carboxylic acids is 1. The fourth-order valence-corrected chi connectivity index (χ4v) is 2.61. The summed E-state index contributed by atoms with van der Waals surface area (Å²) in [7, 11) is 3.54. The summed E-state index contributed by atoms with van der Waals surface area (Å²) < 4.78 is 5.36. The maximum Gasteiger partial charge on any atom is 0.279 e. The maximum absolute atomic E-state index is 12.2. The van der Waals surface area contributed by atoms with Gasteiger partial charge in [-0.1, -0.05) is 17.7 Å². The van der Waals surface area contributed by atoms with Crippen LogP contribution in [0.1, 0.15) is 11.1 Å². The number of carbonyl (C=O) groups is 1. The van der Waals surface area contributed by atoms with Crippen LogP contribution < -0.4 is 15.0 Å². The monoisotopic (exact) mass is 344 g/mol. The van der Waals surface area contributed by atoms with Crippen LogP contribution in [0.25, 0.3) is 0 Å². The summed E-state index contributed by atoms with van der Waals surface area (Å²) in [5.41, 5.74) is 2.52. The molecule has 0 radical (unpaired) electrons. The number of nitrogens with one attached hydrogen (secondary N) is 2. The third-order valence-electron chi connectivity index (χ3n) is 3.73. The SMILES string of the molecule is COc1ccc(C)cc1C[NH+](C)CC(=O)Nc1cccc([N+](=O)[O-])c1. The van der Waals surface area contributed by atoms with Gasteiger partial charge in [0.05, 0.1) is 19.1 Å². The lowest BCUT2D eigenvalue weighted by atomic mass is 10.1. The third-order valence-corrected chi connectivity index (χ3v) is 3.73. The Kier molecular flexibility index (Phi) is 6.08. The van der Waals surface area contributed by atoms with Crippen LogP contribution in [0.5, 0.6) is 5.75 Å². The van der Waals surface area contributed by atoms with E-state index in [1.54, 1.807) is 19.2 Å². The smallest absolute Gasteiger partial charge is 0.279 e. The molecule has 0 bridgehead atoms. The van der Waals surface area contributed by atoms with Crippen molar-refractivity contribution in [3.8, 4) is 5.75 Å². The zero-order chi connectivity index (χ0) is 18.4. The lowest BCUT2D eigenvalue weighted by Gasteiger charge is -2.16. The summed E-state index contributed by atoms with van der Waals surface area (Å²) in [5.74, 6) is 0.591. The molecule has 1 amide bonds. The summed E-state index contributed by atoms with van der Waals surface area (Å²) in [6, 6.07) is 11.8. The summed E-state index contributed by atoms with van der Waals surface area (Å²) in [5, 5.41) is 13.5. The number of ether oxygens (including phenoxy) is 1. The number of aryl methyl sites for hydroxylation is 1. The first-order chi connectivity index (χ1) is 11.9. The number of nitro groups is 1. The molecule has 0 aliphatic carbocycles. The number of amides is 1. The Hall–Kier alpha value is -2.93. The standard InChI is InChI=1S/C18H21N3O4/c1-13-7-8-17(25-3)14(9-13)11-20(2)12-18(22)19-15-5-4-6-16(10-15)21(23)24/h4-10H,11-12H2,1-3H3,(H,19,22)/p+1. The van der Waals surface area contributed by atoms with E-state index in [9.17, 15) is 14.9 Å². The Morgan fingerprint density at radius 2 is 2.04 bits per heavy atom. The van der Waals surface area contributed by atoms with Gasteiger partial charge in [-0.3, -0.25) is 14.9 Å². The van der Waals surface area contributed by atoms with Gasteiger partial charge in [-0.25, -0.2) is 0 Å². The topological polar surface area (TPSA) is 85.9 Å². The third kappa shape index (κ3) is 5.29. The van der Waals surface area contributed by atoms with Gasteiger partial charge in [0.25, 0.3) is 11.6 Å². The molecule has 25 heavy (non-hydrogen) atoms. The second-order valence-corrected chi connectivity index (χ2v) is 5.98. The van der Waals surface area contributed by atoms with Crippen molar-refractivity contribution in [2.75, 3.05) is 26.0 Å². The van der Waals surface area contributed by atoms with Crippen molar-refractivity contribution < 1.29 is 19.4 Å². The van der Waals surface area contributed by atoms with Crippen molar-refractivity contribution in [1.82, 2.24) is 0 Å². The molecule has 0 aliphatic heterocycles. The van der Waals surface area contributed by atoms with Crippen LogP contribution in [0.2, 0.25) is 0 Å². The number of nitro benzene ring substituents is 1. The zero-order valence-corrected chi connectivity index (χ0v) is 14.5. The van der Waals surface area contributed by atoms with E-state index < -0.39 is 4.92 Å². The summed E-state index contributed by atoms with van der Waals surface area (Å²) >= 11 is 0. The number of benzene rings is 2. The molecule has 0 saturated heterocycles. The highest BCUT2D eigenvalue weighted by Crippen LogP contribution is 2.19. The van der Waals surface area contributed by atoms with Crippen LogP contribution >= 0.6 is 0 Å². The molecule has 1 unspecified atom stereocenters. The van der Waals surface area contributed by atoms with Crippen molar-refractivity contribution in [3.63, 3.8) is 0 Å². The molecule has 0 saturated carbocycles. The Labute approximate surface area is 146 Å². The number of hydrogen-bond donors (Lipinski definition) is 2. The highest BCUT2D eigenvalue weighted by Gasteiger charge is 2.15. The molecule has 0 aliphatic rings. The zero-order valence-electron chi connectivity index (χ0n) is 14.5. The van der Waals surface area contributed by atoms with Gasteiger partial charge in [0.1, 0.15) is 12.3 Å². The van der Waals surface area contributed by atoms with Crippen LogP contribution in [-0.2, 0) is 11.3 Å². The number of rotatable bonds is 7. The average Bonchev–Trinajstić information content (AvgIpc) is 2.55. The molecule has 132 valence electrons. The molecular formula is C18H22N3O4+. The number of non-ortho nitro benzene ring substituents is 1. The van der Waals surface area contributed by atoms with Gasteiger partial charge >= 0.3 is 0 Å². The summed E-state index contributed by atoms with van der Waals surface area (Å²) in [6.45, 7) is 2.88. The summed E-state index contributed by atoms with van der Waals surface area (Å²) in [4.78, 5) is 23.5. The minimum absolute atomic E-state index is 0.0528. The maximum atomic E-state index is 12.2. The quantitative estimate of drug-likeness (QED) is 0.590. The van der Waals surface area contributed by atoms with Gasteiger partial charge in [-0.05, 0) is 25.1 Å². The number of nitrogens with zero attached hydrogens (tertiary/aromatic N) is 1. The first-order valence-electron chi connectivity index (χ1n) is 7.88. The first-order valence-corrected chi connectivity index (χ1v) is 7.88. The lowest BCUT2D eigenvalue weighted by Crippen LogP contribution is -3.08. The minimum Gasteiger partial charge on any atom is -0.496 e. The molecule has 7 nitrogen and oxygen atoms in total. The molecule has 0 fully saturated rings. The molecule has 0 spiro atoms. The Morgan fingerprint density at radius 1 is 1.28 bits per heavy atom. The molecule has 1 atom stereocenters. The Balaban J connectivity index is 1.97. The van der Waals surface area contributed by atoms with Crippen molar-refractivity contribution >= 4 is 17.3 Å². The van der Waals surface area contributed by atoms with Crippen molar-refractivity contribution in [2.24, 2.45) is 0 Å². The number of quaternary nitrogens is 1. The molecule has 0 heterocycles. The first kappa shape index (κ1) is 18.4. The van der Waals surface area contributed by atoms with Crippen LogP contribution in [0.15, 0.2) is 42.5 Å². The van der Waals surface area contributed by atoms with Crippen LogP contribution in [0, 0.1) is 17.0 Å². The molecule has 0 aromatic heterocycles. The van der Waals surface area contributed by atoms with E-state index in [0.29, 0.717) is 12.2 Å². The largest absolute Gasteiger partial charge is 0.496 e. The molecule has 2 N–H and O–H groups in total. The van der Waals surface area contributed by atoms with Crippen molar-refractivity contribution in [2.45, 2.75) is 13.5 Å². The van der Waals surface area contributed by atoms with Crippen LogP contribution in [-0.4, -0.2) is 31.5 Å². The highest BCUT2D eigenvalue weighted by atomic mass is 16.6. The second kappa shape index (κ2) is 8.25. The van der Waals surface area contributed by atoms with Crippen molar-refractivity contribution in [3.05, 3.63) is 63.7 Å². The fraction of sp³-hybridized carbons (Fsp3) is 0.278. The Morgan fingerprint density at radius 3 is 2.72 bits per heavy atom. The van der Waals surface area contributed by atoms with Crippen molar-refractivity contribution in [1.29, 1.82) is 0 Å². The highest BCUT2D eigenvalue weighted by molar-refractivity contribution is 5.91. The number of methoxy groups -OCH3 is 1. The van der Waals surface area contributed by atoms with E-state index in [1.807, 2.05) is 32.2 Å². The predicted molar refractivity (Wildman–Crippen MR) is 94.9 cm³/mol. The van der Waals surface area contributed by atoms with Crippen LogP contribution in [0.4, 0.5) is 11.4 Å². The van der Waals surface area contributed by atoms with Crippen LogP contribution in [0.3, 0.4) is 0 Å². The van der Waals surface area contributed by atoms with E-state index in [-0.39, 0.29) is 18.1 Å². The second-order valence-electron chi connectivity index (χ2n) is 5.98. The minimum atomic E-state index is -0.489. The van der Waals surface area contributed by atoms with E-state index in [0.717, 1.165) is 21.8 Å². The van der Waals surface area contributed by atoms with Gasteiger partial charge in [0, 0.05) is 23.4 Å². The molecule has 2 rings (SSSR count). The Bertz CT molecular complexity index is 777. The predicted octanol–water partition coefficient (Wildman–Crippen LogP) is 1.57. The van der Waals surface area contributed by atoms with Gasteiger partial charge in [-0.2, -0.15) is 0 Å². The van der Waals surface area contributed by atoms with Gasteiger partial charge in [0.2, 0.25) is 0 Å². The number of likely N-dealkylation sites (N-methyl/N-ethyl adjacent to an activating group) is 1. The molecule has 2 aromatic rings. The molecular weight excluding hydrogens is 322 g/mol. The number of hydrogen-bond acceptors (Lipinski definition) is 4. The lowest BCUT2D eigenvalue weighted by molar-refractivity contribution is -0.885.